The fourth-order valence-electron chi connectivity index (χ4n) is 2.23. The fraction of sp³-hybridized carbons (Fsp3) is 0.545. The first-order valence-corrected chi connectivity index (χ1v) is 7.15. The predicted molar refractivity (Wildman–Crippen MR) is 65.9 cm³/mol. The quantitative estimate of drug-likeness (QED) is 0.881. The number of nitrogens with two attached hydrogens (primary N) is 1. The standard InChI is InChI=1S/C11H17N3O2S/c1-14(9-4-2-3-5-9)17(15,16)11-8-13-7-6-10(11)12/h6-9H,2-5H2,1H3,(H2,12,13). The molecular weight excluding hydrogens is 238 g/mol. The van der Waals surface area contributed by atoms with Crippen molar-refractivity contribution in [3.8, 4) is 0 Å². The summed E-state index contributed by atoms with van der Waals surface area (Å²) >= 11 is 0. The first kappa shape index (κ1) is 12.3. The Hall–Kier alpha value is -1.14. The van der Waals surface area contributed by atoms with Gasteiger partial charge in [0.25, 0.3) is 0 Å². The monoisotopic (exact) mass is 255 g/mol. The van der Waals surface area contributed by atoms with Crippen LogP contribution < -0.4 is 5.73 Å². The second-order valence-electron chi connectivity index (χ2n) is 4.37. The van der Waals surface area contributed by atoms with Crippen LogP contribution in [0.2, 0.25) is 0 Å². The van der Waals surface area contributed by atoms with Crippen LogP contribution in [0.1, 0.15) is 25.7 Å². The van der Waals surface area contributed by atoms with Crippen molar-refractivity contribution in [2.75, 3.05) is 12.8 Å². The molecule has 1 saturated carbocycles. The molecule has 17 heavy (non-hydrogen) atoms. The van der Waals surface area contributed by atoms with E-state index >= 15 is 0 Å². The van der Waals surface area contributed by atoms with Gasteiger partial charge in [0.05, 0.1) is 5.69 Å². The van der Waals surface area contributed by atoms with Gasteiger partial charge in [-0.15, -0.1) is 0 Å². The molecule has 0 aliphatic heterocycles. The first-order valence-electron chi connectivity index (χ1n) is 5.71. The van der Waals surface area contributed by atoms with Crippen LogP contribution in [-0.2, 0) is 10.0 Å². The minimum absolute atomic E-state index is 0.0969. The highest BCUT2D eigenvalue weighted by Crippen LogP contribution is 2.28. The van der Waals surface area contributed by atoms with Gasteiger partial charge in [0.15, 0.2) is 0 Å². The van der Waals surface area contributed by atoms with Crippen molar-refractivity contribution in [2.24, 2.45) is 0 Å². The molecule has 1 aromatic rings. The molecule has 0 atom stereocenters. The zero-order valence-corrected chi connectivity index (χ0v) is 10.7. The Balaban J connectivity index is 2.33. The van der Waals surface area contributed by atoms with Crippen LogP contribution in [0.25, 0.3) is 0 Å². The van der Waals surface area contributed by atoms with E-state index in [-0.39, 0.29) is 16.6 Å². The predicted octanol–water partition coefficient (Wildman–Crippen LogP) is 1.23. The Labute approximate surface area is 102 Å². The zero-order valence-electron chi connectivity index (χ0n) is 9.83. The van der Waals surface area contributed by atoms with Gasteiger partial charge in [-0.25, -0.2) is 8.42 Å². The number of rotatable bonds is 3. The van der Waals surface area contributed by atoms with E-state index in [0.29, 0.717) is 0 Å². The van der Waals surface area contributed by atoms with E-state index in [4.69, 9.17) is 5.73 Å². The molecular formula is C11H17N3O2S. The topological polar surface area (TPSA) is 76.3 Å². The number of nitrogens with zero attached hydrogens (tertiary/aromatic N) is 2. The second-order valence-corrected chi connectivity index (χ2v) is 6.34. The third-order valence-corrected chi connectivity index (χ3v) is 5.27. The van der Waals surface area contributed by atoms with E-state index in [2.05, 4.69) is 4.98 Å². The molecule has 0 radical (unpaired) electrons. The SMILES string of the molecule is CN(C1CCCC1)S(=O)(=O)c1cnccc1N. The minimum atomic E-state index is -3.51. The second kappa shape index (κ2) is 4.62. The van der Waals surface area contributed by atoms with Crippen molar-refractivity contribution in [3.63, 3.8) is 0 Å². The molecule has 0 amide bonds. The van der Waals surface area contributed by atoms with Crippen LogP contribution in [0.4, 0.5) is 5.69 Å². The van der Waals surface area contributed by atoms with Gasteiger partial charge >= 0.3 is 0 Å². The summed E-state index contributed by atoms with van der Waals surface area (Å²) in [5, 5.41) is 0. The van der Waals surface area contributed by atoms with Crippen molar-refractivity contribution in [3.05, 3.63) is 18.5 Å². The van der Waals surface area contributed by atoms with Crippen LogP contribution in [-0.4, -0.2) is 30.8 Å². The molecule has 5 nitrogen and oxygen atoms in total. The Morgan fingerprint density at radius 3 is 2.65 bits per heavy atom. The number of hydrogen-bond donors (Lipinski definition) is 1. The average Bonchev–Trinajstić information content (AvgIpc) is 2.81. The summed E-state index contributed by atoms with van der Waals surface area (Å²) in [7, 11) is -1.88. The van der Waals surface area contributed by atoms with Crippen LogP contribution in [0.5, 0.6) is 0 Å². The van der Waals surface area contributed by atoms with Crippen LogP contribution in [0, 0.1) is 0 Å². The lowest BCUT2D eigenvalue weighted by Crippen LogP contribution is -2.35. The molecule has 0 spiro atoms. The van der Waals surface area contributed by atoms with Crippen molar-refractivity contribution in [1.82, 2.24) is 9.29 Å². The van der Waals surface area contributed by atoms with E-state index in [1.54, 1.807) is 7.05 Å². The maximum Gasteiger partial charge on any atom is 0.246 e. The third-order valence-electron chi connectivity index (χ3n) is 3.31. The van der Waals surface area contributed by atoms with E-state index < -0.39 is 10.0 Å². The molecule has 1 fully saturated rings. The molecule has 6 heteroatoms. The Bertz CT molecular complexity index is 495. The number of hydrogen-bond acceptors (Lipinski definition) is 4. The maximum atomic E-state index is 12.3. The van der Waals surface area contributed by atoms with E-state index in [1.807, 2.05) is 0 Å². The number of sulfonamides is 1. The maximum absolute atomic E-state index is 12.3. The molecule has 0 aromatic carbocycles. The number of nitrogen functional groups attached to an aromatic ring is 1. The van der Waals surface area contributed by atoms with Crippen molar-refractivity contribution < 1.29 is 8.42 Å². The van der Waals surface area contributed by atoms with Gasteiger partial charge in [-0.1, -0.05) is 12.8 Å². The van der Waals surface area contributed by atoms with Crippen LogP contribution in [0.15, 0.2) is 23.4 Å². The lowest BCUT2D eigenvalue weighted by Gasteiger charge is -2.23. The van der Waals surface area contributed by atoms with Crippen LogP contribution in [0.3, 0.4) is 0 Å². The molecule has 0 unspecified atom stereocenters. The highest BCUT2D eigenvalue weighted by atomic mass is 32.2. The molecule has 0 saturated heterocycles. The van der Waals surface area contributed by atoms with E-state index in [9.17, 15) is 8.42 Å². The van der Waals surface area contributed by atoms with Gasteiger partial charge in [0.2, 0.25) is 10.0 Å². The highest BCUT2D eigenvalue weighted by Gasteiger charge is 2.31. The van der Waals surface area contributed by atoms with Crippen LogP contribution >= 0.6 is 0 Å². The molecule has 1 aliphatic carbocycles. The lowest BCUT2D eigenvalue weighted by molar-refractivity contribution is 0.373. The summed E-state index contributed by atoms with van der Waals surface area (Å²) in [4.78, 5) is 3.94. The van der Waals surface area contributed by atoms with Gasteiger partial charge in [-0.2, -0.15) is 4.31 Å². The van der Waals surface area contributed by atoms with Crippen molar-refractivity contribution in [2.45, 2.75) is 36.6 Å². The summed E-state index contributed by atoms with van der Waals surface area (Å²) in [6.07, 6.45) is 6.84. The summed E-state index contributed by atoms with van der Waals surface area (Å²) in [5.74, 6) is 0. The van der Waals surface area contributed by atoms with Gasteiger partial charge in [-0.05, 0) is 18.9 Å². The molecule has 0 bridgehead atoms. The van der Waals surface area contributed by atoms with Gasteiger partial charge in [-0.3, -0.25) is 4.98 Å². The smallest absolute Gasteiger partial charge is 0.246 e. The van der Waals surface area contributed by atoms with Gasteiger partial charge in [0.1, 0.15) is 4.90 Å². The summed E-state index contributed by atoms with van der Waals surface area (Å²) in [5.41, 5.74) is 5.95. The number of aromatic nitrogens is 1. The van der Waals surface area contributed by atoms with Crippen molar-refractivity contribution in [1.29, 1.82) is 0 Å². The average molecular weight is 255 g/mol. The summed E-state index contributed by atoms with van der Waals surface area (Å²) < 4.78 is 26.1. The minimum Gasteiger partial charge on any atom is -0.398 e. The molecule has 2 rings (SSSR count). The molecule has 94 valence electrons. The number of anilines is 1. The third kappa shape index (κ3) is 2.28. The van der Waals surface area contributed by atoms with E-state index in [1.165, 1.54) is 22.8 Å². The van der Waals surface area contributed by atoms with Gasteiger partial charge < -0.3 is 5.73 Å². The van der Waals surface area contributed by atoms with Gasteiger partial charge in [0, 0.05) is 25.5 Å². The largest absolute Gasteiger partial charge is 0.398 e. The zero-order chi connectivity index (χ0) is 12.5. The Kier molecular flexibility index (Phi) is 3.35. The highest BCUT2D eigenvalue weighted by molar-refractivity contribution is 7.89. The molecule has 1 heterocycles. The Morgan fingerprint density at radius 1 is 1.41 bits per heavy atom. The number of pyridine rings is 1. The Morgan fingerprint density at radius 2 is 2.06 bits per heavy atom. The summed E-state index contributed by atoms with van der Waals surface area (Å²) in [6.45, 7) is 0. The molecule has 1 aromatic heterocycles. The summed E-state index contributed by atoms with van der Waals surface area (Å²) in [6, 6.07) is 1.61. The molecule has 1 aliphatic rings. The van der Waals surface area contributed by atoms with Crippen molar-refractivity contribution >= 4 is 15.7 Å². The first-order chi connectivity index (χ1) is 8.03. The van der Waals surface area contributed by atoms with E-state index in [0.717, 1.165) is 25.7 Å². The lowest BCUT2D eigenvalue weighted by atomic mass is 10.3. The normalized spacial score (nSPS) is 17.8. The molecule has 2 N–H and O–H groups in total. The fourth-order valence-corrected chi connectivity index (χ4v) is 3.70.